The number of hydrogen-bond donors (Lipinski definition) is 2. The lowest BCUT2D eigenvalue weighted by Crippen LogP contribution is -2.30. The van der Waals surface area contributed by atoms with Crippen LogP contribution in [-0.2, 0) is 4.74 Å². The van der Waals surface area contributed by atoms with Crippen molar-refractivity contribution in [1.29, 1.82) is 0 Å². The van der Waals surface area contributed by atoms with Gasteiger partial charge in [0.15, 0.2) is 0 Å². The predicted octanol–water partition coefficient (Wildman–Crippen LogP) is 1.98. The summed E-state index contributed by atoms with van der Waals surface area (Å²) in [6, 6.07) is 5.60. The number of carbonyl (C=O) groups is 1. The first kappa shape index (κ1) is 12.4. The molecule has 0 aliphatic heterocycles. The third kappa shape index (κ3) is 4.27. The largest absolute Gasteiger partial charge is 0.385 e. The van der Waals surface area contributed by atoms with Crippen LogP contribution in [-0.4, -0.2) is 26.3 Å². The molecule has 0 aliphatic carbocycles. The number of methoxy groups -OCH3 is 1. The standard InChI is InChI=1S/C11H15FN2O2/c1-16-8-4-7-13-11(15)14-10-6-3-2-5-9(10)12/h2-3,5-6H,4,7-8H2,1H3,(H2,13,14,15). The van der Waals surface area contributed by atoms with E-state index in [0.29, 0.717) is 13.2 Å². The molecule has 0 fully saturated rings. The molecule has 5 heteroatoms. The Morgan fingerprint density at radius 1 is 1.44 bits per heavy atom. The maximum atomic E-state index is 13.1. The molecule has 0 spiro atoms. The van der Waals surface area contributed by atoms with Gasteiger partial charge in [-0.1, -0.05) is 12.1 Å². The third-order valence-corrected chi connectivity index (χ3v) is 1.93. The van der Waals surface area contributed by atoms with Crippen molar-refractivity contribution in [3.8, 4) is 0 Å². The second-order valence-corrected chi connectivity index (χ2v) is 3.21. The molecule has 0 aromatic heterocycles. The van der Waals surface area contributed by atoms with Crippen molar-refractivity contribution in [2.45, 2.75) is 6.42 Å². The maximum Gasteiger partial charge on any atom is 0.319 e. The quantitative estimate of drug-likeness (QED) is 0.754. The van der Waals surface area contributed by atoms with Crippen molar-refractivity contribution in [2.24, 2.45) is 0 Å². The molecule has 0 heterocycles. The summed E-state index contributed by atoms with van der Waals surface area (Å²) in [5.74, 6) is -0.449. The Kier molecular flexibility index (Phi) is 5.28. The van der Waals surface area contributed by atoms with Crippen LogP contribution in [0.3, 0.4) is 0 Å². The van der Waals surface area contributed by atoms with Crippen LogP contribution in [0, 0.1) is 5.82 Å². The van der Waals surface area contributed by atoms with Crippen molar-refractivity contribution < 1.29 is 13.9 Å². The van der Waals surface area contributed by atoms with E-state index in [1.54, 1.807) is 19.2 Å². The van der Waals surface area contributed by atoms with Gasteiger partial charge in [0.2, 0.25) is 0 Å². The molecule has 0 unspecified atom stereocenters. The third-order valence-electron chi connectivity index (χ3n) is 1.93. The SMILES string of the molecule is COCCCNC(=O)Nc1ccccc1F. The summed E-state index contributed by atoms with van der Waals surface area (Å²) >= 11 is 0. The van der Waals surface area contributed by atoms with Crippen LogP contribution in [0.25, 0.3) is 0 Å². The van der Waals surface area contributed by atoms with Gasteiger partial charge < -0.3 is 15.4 Å². The fourth-order valence-electron chi connectivity index (χ4n) is 1.15. The van der Waals surface area contributed by atoms with Crippen LogP contribution in [0.15, 0.2) is 24.3 Å². The number of urea groups is 1. The van der Waals surface area contributed by atoms with Gasteiger partial charge in [-0.3, -0.25) is 0 Å². The van der Waals surface area contributed by atoms with E-state index in [-0.39, 0.29) is 5.69 Å². The molecule has 0 saturated carbocycles. The highest BCUT2D eigenvalue weighted by molar-refractivity contribution is 5.89. The summed E-state index contributed by atoms with van der Waals surface area (Å²) in [6.45, 7) is 1.08. The summed E-state index contributed by atoms with van der Waals surface area (Å²) in [5.41, 5.74) is 0.173. The lowest BCUT2D eigenvalue weighted by Gasteiger charge is -2.07. The molecule has 1 aromatic rings. The number of amides is 2. The number of ether oxygens (including phenoxy) is 1. The second-order valence-electron chi connectivity index (χ2n) is 3.21. The average Bonchev–Trinajstić information content (AvgIpc) is 2.28. The zero-order valence-corrected chi connectivity index (χ0v) is 9.13. The maximum absolute atomic E-state index is 13.1. The van der Waals surface area contributed by atoms with E-state index >= 15 is 0 Å². The van der Waals surface area contributed by atoms with Crippen LogP contribution in [0.1, 0.15) is 6.42 Å². The van der Waals surface area contributed by atoms with Crippen molar-refractivity contribution in [1.82, 2.24) is 5.32 Å². The normalized spacial score (nSPS) is 9.88. The van der Waals surface area contributed by atoms with E-state index in [1.165, 1.54) is 12.1 Å². The Morgan fingerprint density at radius 2 is 2.19 bits per heavy atom. The van der Waals surface area contributed by atoms with Gasteiger partial charge in [0.05, 0.1) is 5.69 Å². The number of hydrogen-bond acceptors (Lipinski definition) is 2. The van der Waals surface area contributed by atoms with E-state index < -0.39 is 11.8 Å². The highest BCUT2D eigenvalue weighted by Crippen LogP contribution is 2.11. The molecule has 2 amide bonds. The predicted molar refractivity (Wildman–Crippen MR) is 59.9 cm³/mol. The number of benzene rings is 1. The van der Waals surface area contributed by atoms with Gasteiger partial charge in [0, 0.05) is 20.3 Å². The Morgan fingerprint density at radius 3 is 2.88 bits per heavy atom. The Hall–Kier alpha value is -1.62. The summed E-state index contributed by atoms with van der Waals surface area (Å²) < 4.78 is 18.0. The van der Waals surface area contributed by atoms with Gasteiger partial charge in [0.25, 0.3) is 0 Å². The summed E-state index contributed by atoms with van der Waals surface area (Å²) in [4.78, 5) is 11.3. The first-order valence-electron chi connectivity index (χ1n) is 5.02. The molecule has 4 nitrogen and oxygen atoms in total. The van der Waals surface area contributed by atoms with Gasteiger partial charge in [-0.2, -0.15) is 0 Å². The lowest BCUT2D eigenvalue weighted by molar-refractivity contribution is 0.194. The number of nitrogens with one attached hydrogen (secondary N) is 2. The molecule has 88 valence electrons. The molecule has 16 heavy (non-hydrogen) atoms. The highest BCUT2D eigenvalue weighted by atomic mass is 19.1. The van der Waals surface area contributed by atoms with E-state index in [1.807, 2.05) is 0 Å². The first-order chi connectivity index (χ1) is 7.74. The zero-order chi connectivity index (χ0) is 11.8. The van der Waals surface area contributed by atoms with Crippen LogP contribution in [0.4, 0.5) is 14.9 Å². The molecule has 1 rings (SSSR count). The average molecular weight is 226 g/mol. The Balaban J connectivity index is 2.32. The molecular formula is C11H15FN2O2. The van der Waals surface area contributed by atoms with Gasteiger partial charge in [-0.05, 0) is 18.6 Å². The van der Waals surface area contributed by atoms with E-state index in [0.717, 1.165) is 6.42 Å². The number of halogens is 1. The van der Waals surface area contributed by atoms with Gasteiger partial charge in [0.1, 0.15) is 5.82 Å². The minimum atomic E-state index is -0.449. The van der Waals surface area contributed by atoms with Gasteiger partial charge in [-0.25, -0.2) is 9.18 Å². The highest BCUT2D eigenvalue weighted by Gasteiger charge is 2.04. The smallest absolute Gasteiger partial charge is 0.319 e. The van der Waals surface area contributed by atoms with Crippen molar-refractivity contribution in [3.05, 3.63) is 30.1 Å². The molecule has 0 saturated heterocycles. The van der Waals surface area contributed by atoms with E-state index in [9.17, 15) is 9.18 Å². The minimum absolute atomic E-state index is 0.173. The summed E-state index contributed by atoms with van der Waals surface area (Å²) in [5, 5.41) is 5.02. The molecule has 2 N–H and O–H groups in total. The van der Waals surface area contributed by atoms with E-state index in [4.69, 9.17) is 4.74 Å². The first-order valence-corrected chi connectivity index (χ1v) is 5.02. The molecule has 0 radical (unpaired) electrons. The fraction of sp³-hybridized carbons (Fsp3) is 0.364. The monoisotopic (exact) mass is 226 g/mol. The fourth-order valence-corrected chi connectivity index (χ4v) is 1.15. The molecule has 0 bridgehead atoms. The van der Waals surface area contributed by atoms with Crippen LogP contribution in [0.5, 0.6) is 0 Å². The minimum Gasteiger partial charge on any atom is -0.385 e. The Bertz CT molecular complexity index is 345. The number of rotatable bonds is 5. The topological polar surface area (TPSA) is 50.4 Å². The number of anilines is 1. The van der Waals surface area contributed by atoms with Crippen molar-refractivity contribution >= 4 is 11.7 Å². The van der Waals surface area contributed by atoms with Crippen LogP contribution >= 0.6 is 0 Å². The van der Waals surface area contributed by atoms with Crippen molar-refractivity contribution in [3.63, 3.8) is 0 Å². The summed E-state index contributed by atoms with van der Waals surface area (Å²) in [6.07, 6.45) is 0.723. The van der Waals surface area contributed by atoms with Gasteiger partial charge >= 0.3 is 6.03 Å². The number of para-hydroxylation sites is 1. The van der Waals surface area contributed by atoms with Gasteiger partial charge in [-0.15, -0.1) is 0 Å². The van der Waals surface area contributed by atoms with E-state index in [2.05, 4.69) is 10.6 Å². The molecular weight excluding hydrogens is 211 g/mol. The number of carbonyl (C=O) groups excluding carboxylic acids is 1. The molecule has 1 aromatic carbocycles. The van der Waals surface area contributed by atoms with Crippen molar-refractivity contribution in [2.75, 3.05) is 25.6 Å². The molecule has 0 aliphatic rings. The van der Waals surface area contributed by atoms with Crippen LogP contribution < -0.4 is 10.6 Å². The lowest BCUT2D eigenvalue weighted by atomic mass is 10.3. The second kappa shape index (κ2) is 6.79. The van der Waals surface area contributed by atoms with Crippen LogP contribution in [0.2, 0.25) is 0 Å². The summed E-state index contributed by atoms with van der Waals surface area (Å²) in [7, 11) is 1.60. The Labute approximate surface area is 93.8 Å². The zero-order valence-electron chi connectivity index (χ0n) is 9.13. The molecule has 0 atom stereocenters.